The van der Waals surface area contributed by atoms with Crippen molar-refractivity contribution in [1.29, 1.82) is 0 Å². The molecule has 2 aromatic carbocycles. The molecule has 1 heterocycles. The van der Waals surface area contributed by atoms with Gasteiger partial charge in [-0.15, -0.1) is 0 Å². The second-order valence-corrected chi connectivity index (χ2v) is 7.74. The Bertz CT molecular complexity index is 1030. The second-order valence-electron chi connectivity index (χ2n) is 7.31. The monoisotopic (exact) mass is 473 g/mol. The van der Waals surface area contributed by atoms with Crippen molar-refractivity contribution >= 4 is 29.2 Å². The van der Waals surface area contributed by atoms with Gasteiger partial charge in [0.25, 0.3) is 0 Å². The van der Waals surface area contributed by atoms with Gasteiger partial charge in [-0.25, -0.2) is 9.18 Å². The lowest BCUT2D eigenvalue weighted by molar-refractivity contribution is -0.133. The van der Waals surface area contributed by atoms with Crippen LogP contribution in [-0.2, 0) is 22.6 Å². The van der Waals surface area contributed by atoms with Gasteiger partial charge in [0, 0.05) is 30.9 Å². The van der Waals surface area contributed by atoms with E-state index in [1.54, 1.807) is 53.4 Å². The summed E-state index contributed by atoms with van der Waals surface area (Å²) in [5.74, 6) is -0.0510. The smallest absolute Gasteiger partial charge is 0.322 e. The van der Waals surface area contributed by atoms with Crippen LogP contribution in [0, 0.1) is 5.82 Å². The van der Waals surface area contributed by atoms with Crippen molar-refractivity contribution in [3.8, 4) is 0 Å². The standard InChI is InChI=1S/C24H25ClFN3O4/c1-32-14-12-28(24(31)27-21-10-6-19(25)7-11-21)17-23(30)29(16-22-3-2-13-33-22)15-18-4-8-20(26)9-5-18/h2-11,13H,12,14-17H2,1H3,(H,27,31). The number of rotatable bonds is 10. The summed E-state index contributed by atoms with van der Waals surface area (Å²) in [6.07, 6.45) is 1.53. The number of nitrogens with zero attached hydrogens (tertiary/aromatic N) is 2. The maximum Gasteiger partial charge on any atom is 0.322 e. The number of halogens is 2. The van der Waals surface area contributed by atoms with Gasteiger partial charge in [0.1, 0.15) is 18.1 Å². The molecule has 0 saturated carbocycles. The quantitative estimate of drug-likeness (QED) is 0.459. The first kappa shape index (κ1) is 24.3. The number of nitrogens with one attached hydrogen (secondary N) is 1. The maximum absolute atomic E-state index is 13.3. The van der Waals surface area contributed by atoms with Crippen LogP contribution in [0.4, 0.5) is 14.9 Å². The molecule has 0 saturated heterocycles. The van der Waals surface area contributed by atoms with Crippen molar-refractivity contribution in [3.05, 3.63) is 89.1 Å². The molecule has 0 spiro atoms. The second kappa shape index (κ2) is 12.0. The molecule has 7 nitrogen and oxygen atoms in total. The Kier molecular flexibility index (Phi) is 8.86. The van der Waals surface area contributed by atoms with Crippen molar-refractivity contribution in [2.45, 2.75) is 13.1 Å². The number of hydrogen-bond acceptors (Lipinski definition) is 4. The molecule has 3 rings (SSSR count). The van der Waals surface area contributed by atoms with Gasteiger partial charge in [-0.05, 0) is 54.1 Å². The van der Waals surface area contributed by atoms with Gasteiger partial charge in [-0.3, -0.25) is 4.79 Å². The highest BCUT2D eigenvalue weighted by Gasteiger charge is 2.22. The average molecular weight is 474 g/mol. The van der Waals surface area contributed by atoms with Crippen molar-refractivity contribution < 1.29 is 23.1 Å². The summed E-state index contributed by atoms with van der Waals surface area (Å²) in [6.45, 7) is 0.742. The largest absolute Gasteiger partial charge is 0.467 e. The zero-order valence-corrected chi connectivity index (χ0v) is 18.9. The Morgan fingerprint density at radius 2 is 1.76 bits per heavy atom. The zero-order chi connectivity index (χ0) is 23.6. The van der Waals surface area contributed by atoms with Crippen LogP contribution in [0.15, 0.2) is 71.3 Å². The predicted molar refractivity (Wildman–Crippen MR) is 123 cm³/mol. The number of benzene rings is 2. The predicted octanol–water partition coefficient (Wildman–Crippen LogP) is 4.78. The van der Waals surface area contributed by atoms with E-state index < -0.39 is 6.03 Å². The highest BCUT2D eigenvalue weighted by Crippen LogP contribution is 2.15. The summed E-state index contributed by atoms with van der Waals surface area (Å²) in [6, 6.07) is 15.7. The van der Waals surface area contributed by atoms with E-state index in [4.69, 9.17) is 20.8 Å². The fraction of sp³-hybridized carbons (Fsp3) is 0.250. The number of anilines is 1. The van der Waals surface area contributed by atoms with Gasteiger partial charge in [0.15, 0.2) is 0 Å². The van der Waals surface area contributed by atoms with Gasteiger partial charge in [0.05, 0.1) is 19.4 Å². The topological polar surface area (TPSA) is 75.0 Å². The van der Waals surface area contributed by atoms with Crippen molar-refractivity contribution in [2.24, 2.45) is 0 Å². The average Bonchev–Trinajstić information content (AvgIpc) is 3.32. The summed E-state index contributed by atoms with van der Waals surface area (Å²) in [5, 5.41) is 3.32. The SMILES string of the molecule is COCCN(CC(=O)N(Cc1ccc(F)cc1)Cc1ccco1)C(=O)Nc1ccc(Cl)cc1. The molecule has 0 aliphatic rings. The first-order valence-electron chi connectivity index (χ1n) is 10.3. The lowest BCUT2D eigenvalue weighted by Gasteiger charge is -2.27. The molecule has 0 bridgehead atoms. The minimum atomic E-state index is -0.442. The Morgan fingerprint density at radius 3 is 2.39 bits per heavy atom. The summed E-state index contributed by atoms with van der Waals surface area (Å²) >= 11 is 5.90. The molecule has 0 radical (unpaired) electrons. The van der Waals surface area contributed by atoms with Gasteiger partial charge < -0.3 is 24.3 Å². The third-order valence-electron chi connectivity index (χ3n) is 4.84. The number of methoxy groups -OCH3 is 1. The van der Waals surface area contributed by atoms with E-state index in [1.807, 2.05) is 0 Å². The molecule has 0 atom stereocenters. The molecule has 3 aromatic rings. The minimum absolute atomic E-state index is 0.176. The normalized spacial score (nSPS) is 10.6. The Labute approximate surface area is 196 Å². The molecule has 9 heteroatoms. The first-order valence-corrected chi connectivity index (χ1v) is 10.7. The summed E-state index contributed by atoms with van der Waals surface area (Å²) in [5.41, 5.74) is 1.31. The molecular formula is C24H25ClFN3O4. The highest BCUT2D eigenvalue weighted by atomic mass is 35.5. The van der Waals surface area contributed by atoms with Gasteiger partial charge in [0.2, 0.25) is 5.91 Å². The summed E-state index contributed by atoms with van der Waals surface area (Å²) in [4.78, 5) is 29.0. The maximum atomic E-state index is 13.3. The molecular weight excluding hydrogens is 449 g/mol. The van der Waals surface area contributed by atoms with Gasteiger partial charge >= 0.3 is 6.03 Å². The molecule has 1 N–H and O–H groups in total. The number of hydrogen-bond donors (Lipinski definition) is 1. The van der Waals surface area contributed by atoms with Crippen molar-refractivity contribution in [2.75, 3.05) is 32.1 Å². The van der Waals surface area contributed by atoms with Crippen LogP contribution < -0.4 is 5.32 Å². The first-order chi connectivity index (χ1) is 15.9. The van der Waals surface area contributed by atoms with E-state index in [0.717, 1.165) is 5.56 Å². The number of furan rings is 1. The van der Waals surface area contributed by atoms with Gasteiger partial charge in [-0.2, -0.15) is 0 Å². The minimum Gasteiger partial charge on any atom is -0.467 e. The molecule has 1 aromatic heterocycles. The number of amides is 3. The number of carbonyl (C=O) groups excluding carboxylic acids is 2. The molecule has 0 aliphatic carbocycles. The zero-order valence-electron chi connectivity index (χ0n) is 18.2. The van der Waals surface area contributed by atoms with Crippen LogP contribution in [-0.4, -0.2) is 48.5 Å². The van der Waals surface area contributed by atoms with Crippen LogP contribution in [0.25, 0.3) is 0 Å². The van der Waals surface area contributed by atoms with Crippen LogP contribution in [0.2, 0.25) is 5.02 Å². The fourth-order valence-electron chi connectivity index (χ4n) is 3.09. The molecule has 174 valence electrons. The van der Waals surface area contributed by atoms with Crippen LogP contribution in [0.1, 0.15) is 11.3 Å². The van der Waals surface area contributed by atoms with E-state index in [0.29, 0.717) is 16.5 Å². The number of ether oxygens (including phenoxy) is 1. The molecule has 0 fully saturated rings. The van der Waals surface area contributed by atoms with Crippen LogP contribution in [0.5, 0.6) is 0 Å². The fourth-order valence-corrected chi connectivity index (χ4v) is 3.21. The van der Waals surface area contributed by atoms with E-state index in [-0.39, 0.29) is 44.5 Å². The Hall–Kier alpha value is -3.36. The van der Waals surface area contributed by atoms with Crippen molar-refractivity contribution in [1.82, 2.24) is 9.80 Å². The summed E-state index contributed by atoms with van der Waals surface area (Å²) < 4.78 is 23.8. The lowest BCUT2D eigenvalue weighted by atomic mass is 10.2. The molecule has 33 heavy (non-hydrogen) atoms. The van der Waals surface area contributed by atoms with Crippen LogP contribution in [0.3, 0.4) is 0 Å². The van der Waals surface area contributed by atoms with E-state index in [2.05, 4.69) is 5.32 Å². The highest BCUT2D eigenvalue weighted by molar-refractivity contribution is 6.30. The molecule has 3 amide bonds. The van der Waals surface area contributed by atoms with Crippen molar-refractivity contribution in [3.63, 3.8) is 0 Å². The third kappa shape index (κ3) is 7.62. The van der Waals surface area contributed by atoms with Gasteiger partial charge in [-0.1, -0.05) is 23.7 Å². The van der Waals surface area contributed by atoms with Crippen LogP contribution >= 0.6 is 11.6 Å². The third-order valence-corrected chi connectivity index (χ3v) is 5.09. The summed E-state index contributed by atoms with van der Waals surface area (Å²) in [7, 11) is 1.52. The Morgan fingerprint density at radius 1 is 1.03 bits per heavy atom. The number of urea groups is 1. The molecule has 0 aliphatic heterocycles. The van der Waals surface area contributed by atoms with E-state index in [1.165, 1.54) is 30.4 Å². The van der Waals surface area contributed by atoms with E-state index >= 15 is 0 Å². The van der Waals surface area contributed by atoms with E-state index in [9.17, 15) is 14.0 Å². The lowest BCUT2D eigenvalue weighted by Crippen LogP contribution is -2.45. The number of carbonyl (C=O) groups is 2. The Balaban J connectivity index is 1.73. The molecule has 0 unspecified atom stereocenters.